The molecule has 2 heterocycles. The molecule has 1 saturated heterocycles. The molecule has 1 aliphatic rings. The molecule has 182 valence electrons. The van der Waals surface area contributed by atoms with Crippen molar-refractivity contribution in [2.24, 2.45) is 0 Å². The zero-order valence-corrected chi connectivity index (χ0v) is 18.9. The Balaban J connectivity index is 1.18. The van der Waals surface area contributed by atoms with Gasteiger partial charge < -0.3 is 14.4 Å². The van der Waals surface area contributed by atoms with Crippen LogP contribution in [-0.2, 0) is 19.3 Å². The number of hydrogen-bond donors (Lipinski definition) is 1. The second-order valence-electron chi connectivity index (χ2n) is 8.52. The van der Waals surface area contributed by atoms with Crippen LogP contribution in [0.4, 0.5) is 13.2 Å². The fourth-order valence-electron chi connectivity index (χ4n) is 4.03. The van der Waals surface area contributed by atoms with Crippen molar-refractivity contribution in [3.63, 3.8) is 0 Å². The highest BCUT2D eigenvalue weighted by molar-refractivity contribution is 5.28. The molecular formula is C25H29F3N4O2. The first-order valence-electron chi connectivity index (χ1n) is 11.3. The number of aromatic nitrogens is 2. The topological polar surface area (TPSA) is 53.8 Å². The largest absolute Gasteiger partial charge is 0.491 e. The summed E-state index contributed by atoms with van der Waals surface area (Å²) in [6.45, 7) is 5.41. The van der Waals surface area contributed by atoms with Crippen molar-refractivity contribution in [3.8, 4) is 5.75 Å². The van der Waals surface area contributed by atoms with Gasteiger partial charge in [-0.15, -0.1) is 0 Å². The Morgan fingerprint density at radius 2 is 1.59 bits per heavy atom. The number of rotatable bonds is 9. The van der Waals surface area contributed by atoms with Crippen molar-refractivity contribution < 1.29 is 23.0 Å². The summed E-state index contributed by atoms with van der Waals surface area (Å²) in [5.74, 6) is 1.34. The van der Waals surface area contributed by atoms with Gasteiger partial charge in [-0.2, -0.15) is 13.2 Å². The van der Waals surface area contributed by atoms with Gasteiger partial charge >= 0.3 is 6.18 Å². The summed E-state index contributed by atoms with van der Waals surface area (Å²) in [5.41, 5.74) is 0.514. The van der Waals surface area contributed by atoms with Crippen LogP contribution in [0, 0.1) is 0 Å². The van der Waals surface area contributed by atoms with Gasteiger partial charge in [0.2, 0.25) is 0 Å². The molecule has 1 aliphatic heterocycles. The second kappa shape index (κ2) is 11.0. The minimum atomic E-state index is -4.37. The van der Waals surface area contributed by atoms with Crippen LogP contribution in [0.25, 0.3) is 0 Å². The first-order chi connectivity index (χ1) is 16.4. The van der Waals surface area contributed by atoms with Crippen LogP contribution in [0.2, 0.25) is 0 Å². The summed E-state index contributed by atoms with van der Waals surface area (Å²) in [6, 6.07) is 14.8. The predicted molar refractivity (Wildman–Crippen MR) is 122 cm³/mol. The van der Waals surface area contributed by atoms with Crippen LogP contribution in [0.1, 0.15) is 17.0 Å². The molecule has 34 heavy (non-hydrogen) atoms. The van der Waals surface area contributed by atoms with E-state index in [0.29, 0.717) is 12.3 Å². The summed E-state index contributed by atoms with van der Waals surface area (Å²) < 4.78 is 45.6. The molecule has 0 saturated carbocycles. The Kier molecular flexibility index (Phi) is 7.87. The first-order valence-corrected chi connectivity index (χ1v) is 11.3. The van der Waals surface area contributed by atoms with E-state index in [1.165, 1.54) is 17.7 Å². The average Bonchev–Trinajstić information content (AvgIpc) is 3.25. The Morgan fingerprint density at radius 1 is 0.912 bits per heavy atom. The smallest absolute Gasteiger partial charge is 0.416 e. The predicted octanol–water partition coefficient (Wildman–Crippen LogP) is 3.51. The Labute approximate surface area is 197 Å². The lowest BCUT2D eigenvalue weighted by molar-refractivity contribution is -0.137. The van der Waals surface area contributed by atoms with Gasteiger partial charge in [0.1, 0.15) is 24.3 Å². The van der Waals surface area contributed by atoms with E-state index in [1.54, 1.807) is 0 Å². The summed E-state index contributed by atoms with van der Waals surface area (Å²) in [7, 11) is 0. The summed E-state index contributed by atoms with van der Waals surface area (Å²) in [4.78, 5) is 9.06. The maximum Gasteiger partial charge on any atom is 0.416 e. The molecule has 0 radical (unpaired) electrons. The summed E-state index contributed by atoms with van der Waals surface area (Å²) in [5, 5.41) is 10.3. The van der Waals surface area contributed by atoms with Gasteiger partial charge in [-0.3, -0.25) is 9.80 Å². The average molecular weight is 475 g/mol. The molecule has 0 spiro atoms. The lowest BCUT2D eigenvalue weighted by atomic mass is 10.2. The van der Waals surface area contributed by atoms with Gasteiger partial charge in [-0.05, 0) is 29.8 Å². The van der Waals surface area contributed by atoms with Crippen molar-refractivity contribution in [2.45, 2.75) is 25.4 Å². The zero-order chi connectivity index (χ0) is 24.0. The quantitative estimate of drug-likeness (QED) is 0.515. The van der Waals surface area contributed by atoms with Crippen molar-refractivity contribution >= 4 is 0 Å². The number of halogens is 3. The number of piperazine rings is 1. The standard InChI is InChI=1S/C25H29F3N4O2/c26-25(27,28)21-6-8-23(9-7-21)34-19-22(33)17-30-12-14-31(15-13-30)18-24-29-10-11-32(24)16-20-4-2-1-3-5-20/h1-11,22,33H,12-19H2. The highest BCUT2D eigenvalue weighted by atomic mass is 19.4. The van der Waals surface area contributed by atoms with Gasteiger partial charge in [0.05, 0.1) is 12.1 Å². The number of ether oxygens (including phenoxy) is 1. The normalized spacial score (nSPS) is 16.5. The summed E-state index contributed by atoms with van der Waals surface area (Å²) in [6.07, 6.45) is -1.26. The summed E-state index contributed by atoms with van der Waals surface area (Å²) >= 11 is 0. The molecule has 3 aromatic rings. The van der Waals surface area contributed by atoms with E-state index >= 15 is 0 Å². The van der Waals surface area contributed by atoms with E-state index in [4.69, 9.17) is 4.74 Å². The number of alkyl halides is 3. The lowest BCUT2D eigenvalue weighted by Crippen LogP contribution is -2.49. The number of benzene rings is 2. The van der Waals surface area contributed by atoms with Gasteiger partial charge in [0.25, 0.3) is 0 Å². The molecule has 4 rings (SSSR count). The van der Waals surface area contributed by atoms with Crippen molar-refractivity contribution in [2.75, 3.05) is 39.3 Å². The Morgan fingerprint density at radius 3 is 2.26 bits per heavy atom. The van der Waals surface area contributed by atoms with Crippen molar-refractivity contribution in [1.82, 2.24) is 19.4 Å². The number of hydrogen-bond acceptors (Lipinski definition) is 5. The fourth-order valence-corrected chi connectivity index (χ4v) is 4.03. The van der Waals surface area contributed by atoms with Crippen LogP contribution in [0.3, 0.4) is 0 Å². The van der Waals surface area contributed by atoms with E-state index in [0.717, 1.165) is 57.2 Å². The highest BCUT2D eigenvalue weighted by Gasteiger charge is 2.30. The van der Waals surface area contributed by atoms with Gasteiger partial charge in [0, 0.05) is 51.7 Å². The van der Waals surface area contributed by atoms with Gasteiger partial charge in [-0.25, -0.2) is 4.98 Å². The van der Waals surface area contributed by atoms with Crippen LogP contribution in [0.15, 0.2) is 67.0 Å². The molecular weight excluding hydrogens is 445 g/mol. The Bertz CT molecular complexity index is 1020. The molecule has 0 aliphatic carbocycles. The molecule has 2 aromatic carbocycles. The van der Waals surface area contributed by atoms with E-state index in [-0.39, 0.29) is 6.61 Å². The van der Waals surface area contributed by atoms with E-state index < -0.39 is 17.8 Å². The van der Waals surface area contributed by atoms with Crippen molar-refractivity contribution in [3.05, 3.63) is 83.9 Å². The number of imidazole rings is 1. The molecule has 0 amide bonds. The second-order valence-corrected chi connectivity index (χ2v) is 8.52. The monoisotopic (exact) mass is 474 g/mol. The van der Waals surface area contributed by atoms with Crippen LogP contribution < -0.4 is 4.74 Å². The third-order valence-electron chi connectivity index (χ3n) is 5.92. The van der Waals surface area contributed by atoms with Crippen LogP contribution >= 0.6 is 0 Å². The maximum absolute atomic E-state index is 12.6. The lowest BCUT2D eigenvalue weighted by Gasteiger charge is -2.35. The number of β-amino-alcohol motifs (C(OH)–C–C–N with tert-alkyl or cyclic N) is 1. The third kappa shape index (κ3) is 6.82. The minimum absolute atomic E-state index is 0.0303. The molecule has 1 N–H and O–H groups in total. The number of aliphatic hydroxyl groups excluding tert-OH is 1. The van der Waals surface area contributed by atoms with Gasteiger partial charge in [0.15, 0.2) is 0 Å². The Hall–Kier alpha value is -2.88. The minimum Gasteiger partial charge on any atom is -0.491 e. The van der Waals surface area contributed by atoms with Gasteiger partial charge in [-0.1, -0.05) is 30.3 Å². The molecule has 1 fully saturated rings. The highest BCUT2D eigenvalue weighted by Crippen LogP contribution is 2.30. The third-order valence-corrected chi connectivity index (χ3v) is 5.92. The van der Waals surface area contributed by atoms with E-state index in [9.17, 15) is 18.3 Å². The molecule has 9 heteroatoms. The SMILES string of the molecule is OC(COc1ccc(C(F)(F)F)cc1)CN1CCN(Cc2nccn2Cc2ccccc2)CC1. The number of aliphatic hydroxyl groups is 1. The zero-order valence-electron chi connectivity index (χ0n) is 18.9. The van der Waals surface area contributed by atoms with Crippen LogP contribution in [0.5, 0.6) is 5.75 Å². The van der Waals surface area contributed by atoms with E-state index in [1.807, 2.05) is 30.6 Å². The molecule has 0 bridgehead atoms. The first kappa shape index (κ1) is 24.3. The molecule has 1 aromatic heterocycles. The van der Waals surface area contributed by atoms with Crippen molar-refractivity contribution in [1.29, 1.82) is 0 Å². The fraction of sp³-hybridized carbons (Fsp3) is 0.400. The number of nitrogens with zero attached hydrogens (tertiary/aromatic N) is 4. The molecule has 1 atom stereocenters. The van der Waals surface area contributed by atoms with E-state index in [2.05, 4.69) is 31.5 Å². The molecule has 6 nitrogen and oxygen atoms in total. The van der Waals surface area contributed by atoms with Crippen LogP contribution in [-0.4, -0.2) is 69.9 Å². The maximum atomic E-state index is 12.6. The molecule has 1 unspecified atom stereocenters.